The lowest BCUT2D eigenvalue weighted by Crippen LogP contribution is -2.50. The summed E-state index contributed by atoms with van der Waals surface area (Å²) in [6.45, 7) is 6.61. The van der Waals surface area contributed by atoms with E-state index in [0.29, 0.717) is 11.6 Å². The molecule has 4 nitrogen and oxygen atoms in total. The maximum absolute atomic E-state index is 8.77. The molecule has 1 aliphatic heterocycles. The van der Waals surface area contributed by atoms with Crippen LogP contribution in [0, 0.1) is 11.3 Å². The van der Waals surface area contributed by atoms with Crippen molar-refractivity contribution in [2.75, 3.05) is 26.2 Å². The van der Waals surface area contributed by atoms with Gasteiger partial charge in [0.05, 0.1) is 11.6 Å². The van der Waals surface area contributed by atoms with Crippen molar-refractivity contribution in [3.8, 4) is 6.07 Å². The van der Waals surface area contributed by atoms with Crippen LogP contribution in [0.4, 0.5) is 0 Å². The lowest BCUT2D eigenvalue weighted by atomic mass is 10.0. The first-order valence-corrected chi connectivity index (χ1v) is 7.37. The number of hydrogen-bond acceptors (Lipinski definition) is 4. The fourth-order valence-corrected chi connectivity index (χ4v) is 2.68. The Morgan fingerprint density at radius 3 is 2.85 bits per heavy atom. The average molecular weight is 272 g/mol. The molecule has 1 aliphatic rings. The SMILES string of the molecule is CC1CN(CC[C@H](N)Cc2ccc(C#N)cc2)CCN1. The van der Waals surface area contributed by atoms with Gasteiger partial charge in [0.2, 0.25) is 0 Å². The summed E-state index contributed by atoms with van der Waals surface area (Å²) in [5.41, 5.74) is 8.14. The van der Waals surface area contributed by atoms with Crippen molar-refractivity contribution in [1.29, 1.82) is 5.26 Å². The molecule has 1 aromatic rings. The number of nitrogens with one attached hydrogen (secondary N) is 1. The number of nitrogens with two attached hydrogens (primary N) is 1. The maximum Gasteiger partial charge on any atom is 0.0991 e. The monoisotopic (exact) mass is 272 g/mol. The molecule has 0 saturated carbocycles. The van der Waals surface area contributed by atoms with E-state index < -0.39 is 0 Å². The standard InChI is InChI=1S/C16H24N4/c1-13-12-20(9-7-19-13)8-6-16(18)10-14-2-4-15(11-17)5-3-14/h2-5,13,16,19H,6-10,12,18H2,1H3/t13?,16-/m0/s1. The van der Waals surface area contributed by atoms with Gasteiger partial charge in [-0.25, -0.2) is 0 Å². The Balaban J connectivity index is 1.74. The predicted octanol–water partition coefficient (Wildman–Crippen LogP) is 1.11. The first-order valence-electron chi connectivity index (χ1n) is 7.37. The van der Waals surface area contributed by atoms with Gasteiger partial charge in [0.15, 0.2) is 0 Å². The second-order valence-corrected chi connectivity index (χ2v) is 5.72. The molecular weight excluding hydrogens is 248 g/mol. The van der Waals surface area contributed by atoms with Gasteiger partial charge in [-0.3, -0.25) is 0 Å². The first kappa shape index (κ1) is 15.0. The van der Waals surface area contributed by atoms with Crippen LogP contribution in [0.5, 0.6) is 0 Å². The molecule has 0 bridgehead atoms. The summed E-state index contributed by atoms with van der Waals surface area (Å²) in [7, 11) is 0. The van der Waals surface area contributed by atoms with Crippen molar-refractivity contribution in [3.63, 3.8) is 0 Å². The number of piperazine rings is 1. The third-order valence-electron chi connectivity index (χ3n) is 3.85. The summed E-state index contributed by atoms with van der Waals surface area (Å²) in [5, 5.41) is 12.2. The number of hydrogen-bond donors (Lipinski definition) is 2. The Morgan fingerprint density at radius 2 is 2.20 bits per heavy atom. The molecule has 20 heavy (non-hydrogen) atoms. The largest absolute Gasteiger partial charge is 0.327 e. The second-order valence-electron chi connectivity index (χ2n) is 5.72. The van der Waals surface area contributed by atoms with E-state index in [4.69, 9.17) is 11.0 Å². The van der Waals surface area contributed by atoms with Crippen molar-refractivity contribution in [2.24, 2.45) is 5.73 Å². The van der Waals surface area contributed by atoms with Crippen LogP contribution in [0.1, 0.15) is 24.5 Å². The van der Waals surface area contributed by atoms with Gasteiger partial charge in [0, 0.05) is 31.7 Å². The molecule has 2 rings (SSSR count). The van der Waals surface area contributed by atoms with Crippen molar-refractivity contribution >= 4 is 0 Å². The molecule has 108 valence electrons. The van der Waals surface area contributed by atoms with E-state index in [1.54, 1.807) is 0 Å². The molecule has 1 unspecified atom stereocenters. The van der Waals surface area contributed by atoms with Gasteiger partial charge in [-0.05, 0) is 44.0 Å². The minimum absolute atomic E-state index is 0.188. The number of nitriles is 1. The van der Waals surface area contributed by atoms with Gasteiger partial charge >= 0.3 is 0 Å². The minimum atomic E-state index is 0.188. The van der Waals surface area contributed by atoms with Crippen molar-refractivity contribution in [2.45, 2.75) is 31.8 Å². The second kappa shape index (κ2) is 7.39. The lowest BCUT2D eigenvalue weighted by molar-refractivity contribution is 0.200. The highest BCUT2D eigenvalue weighted by Crippen LogP contribution is 2.08. The van der Waals surface area contributed by atoms with Crippen LogP contribution in [0.15, 0.2) is 24.3 Å². The van der Waals surface area contributed by atoms with Crippen molar-refractivity contribution in [3.05, 3.63) is 35.4 Å². The quantitative estimate of drug-likeness (QED) is 0.843. The van der Waals surface area contributed by atoms with Crippen LogP contribution in [0.25, 0.3) is 0 Å². The fourth-order valence-electron chi connectivity index (χ4n) is 2.68. The molecule has 1 heterocycles. The summed E-state index contributed by atoms with van der Waals surface area (Å²) >= 11 is 0. The van der Waals surface area contributed by atoms with Crippen molar-refractivity contribution < 1.29 is 0 Å². The molecule has 3 N–H and O–H groups in total. The molecule has 1 fully saturated rings. The van der Waals surface area contributed by atoms with E-state index in [-0.39, 0.29) is 6.04 Å². The van der Waals surface area contributed by atoms with E-state index in [9.17, 15) is 0 Å². The summed E-state index contributed by atoms with van der Waals surface area (Å²) < 4.78 is 0. The van der Waals surface area contributed by atoms with Gasteiger partial charge in [-0.15, -0.1) is 0 Å². The molecule has 1 aromatic carbocycles. The van der Waals surface area contributed by atoms with Crippen LogP contribution in [-0.4, -0.2) is 43.2 Å². The fraction of sp³-hybridized carbons (Fsp3) is 0.562. The van der Waals surface area contributed by atoms with E-state index in [2.05, 4.69) is 23.2 Å². The highest BCUT2D eigenvalue weighted by molar-refractivity contribution is 5.31. The smallest absolute Gasteiger partial charge is 0.0991 e. The molecule has 0 spiro atoms. The number of nitrogens with zero attached hydrogens (tertiary/aromatic N) is 2. The van der Waals surface area contributed by atoms with Crippen molar-refractivity contribution in [1.82, 2.24) is 10.2 Å². The molecular formula is C16H24N4. The van der Waals surface area contributed by atoms with Crippen LogP contribution < -0.4 is 11.1 Å². The predicted molar refractivity (Wildman–Crippen MR) is 81.4 cm³/mol. The highest BCUT2D eigenvalue weighted by atomic mass is 15.2. The molecule has 0 aromatic heterocycles. The van der Waals surface area contributed by atoms with Gasteiger partial charge < -0.3 is 16.0 Å². The number of benzene rings is 1. The number of rotatable bonds is 5. The first-order chi connectivity index (χ1) is 9.67. The van der Waals surface area contributed by atoms with Crippen LogP contribution in [0.2, 0.25) is 0 Å². The Hall–Kier alpha value is -1.41. The zero-order valence-corrected chi connectivity index (χ0v) is 12.2. The highest BCUT2D eigenvalue weighted by Gasteiger charge is 2.16. The molecule has 1 saturated heterocycles. The summed E-state index contributed by atoms with van der Waals surface area (Å²) in [4.78, 5) is 2.49. The third kappa shape index (κ3) is 4.61. The zero-order chi connectivity index (χ0) is 14.4. The molecule has 0 radical (unpaired) electrons. The minimum Gasteiger partial charge on any atom is -0.327 e. The lowest BCUT2D eigenvalue weighted by Gasteiger charge is -2.32. The van der Waals surface area contributed by atoms with Gasteiger partial charge in [-0.2, -0.15) is 5.26 Å². The Bertz CT molecular complexity index is 449. The molecule has 4 heteroatoms. The van der Waals surface area contributed by atoms with E-state index in [1.807, 2.05) is 24.3 Å². The van der Waals surface area contributed by atoms with Crippen LogP contribution >= 0.6 is 0 Å². The Labute approximate surface area is 121 Å². The summed E-state index contributed by atoms with van der Waals surface area (Å²) in [5.74, 6) is 0. The maximum atomic E-state index is 8.77. The van der Waals surface area contributed by atoms with E-state index >= 15 is 0 Å². The molecule has 0 aliphatic carbocycles. The molecule has 2 atom stereocenters. The molecule has 0 amide bonds. The summed E-state index contributed by atoms with van der Waals surface area (Å²) in [6.07, 6.45) is 1.90. The summed E-state index contributed by atoms with van der Waals surface area (Å²) in [6, 6.07) is 10.6. The van der Waals surface area contributed by atoms with Gasteiger partial charge in [-0.1, -0.05) is 12.1 Å². The van der Waals surface area contributed by atoms with Gasteiger partial charge in [0.1, 0.15) is 0 Å². The van der Waals surface area contributed by atoms with E-state index in [1.165, 1.54) is 5.56 Å². The zero-order valence-electron chi connectivity index (χ0n) is 12.2. The normalized spacial score (nSPS) is 21.4. The van der Waals surface area contributed by atoms with Crippen LogP contribution in [-0.2, 0) is 6.42 Å². The van der Waals surface area contributed by atoms with Gasteiger partial charge in [0.25, 0.3) is 0 Å². The topological polar surface area (TPSA) is 65.1 Å². The Kier molecular flexibility index (Phi) is 5.54. The van der Waals surface area contributed by atoms with Crippen LogP contribution in [0.3, 0.4) is 0 Å². The third-order valence-corrected chi connectivity index (χ3v) is 3.85. The Morgan fingerprint density at radius 1 is 1.45 bits per heavy atom. The van der Waals surface area contributed by atoms with E-state index in [0.717, 1.165) is 39.0 Å². The average Bonchev–Trinajstić information content (AvgIpc) is 2.46.